The lowest BCUT2D eigenvalue weighted by atomic mass is 10.0. The summed E-state index contributed by atoms with van der Waals surface area (Å²) < 4.78 is 19.4. The average Bonchev–Trinajstić information content (AvgIpc) is 3.29. The molecule has 3 aromatic rings. The molecule has 128 valence electrons. The number of nitrogens with zero attached hydrogens (tertiary/aromatic N) is 2. The highest BCUT2D eigenvalue weighted by Crippen LogP contribution is 2.26. The first kappa shape index (κ1) is 15.7. The molecule has 1 aromatic carbocycles. The number of fused-ring (bicyclic) bond motifs is 1. The Morgan fingerprint density at radius 2 is 2.32 bits per heavy atom. The Hall–Kier alpha value is -2.80. The number of carbonyl (C=O) groups excluding carboxylic acids is 1. The Balaban J connectivity index is 1.62. The molecule has 1 aliphatic heterocycles. The zero-order valence-electron chi connectivity index (χ0n) is 13.5. The van der Waals surface area contributed by atoms with Crippen molar-refractivity contribution in [1.82, 2.24) is 20.5 Å². The number of halogens is 1. The van der Waals surface area contributed by atoms with Crippen LogP contribution in [-0.2, 0) is 4.74 Å². The van der Waals surface area contributed by atoms with Gasteiger partial charge in [-0.3, -0.25) is 9.89 Å². The second-order valence-electron chi connectivity index (χ2n) is 6.02. The Morgan fingerprint density at radius 3 is 3.12 bits per heavy atom. The third-order valence-corrected chi connectivity index (χ3v) is 4.36. The van der Waals surface area contributed by atoms with Gasteiger partial charge in [0.2, 0.25) is 5.95 Å². The smallest absolute Gasteiger partial charge is 0.272 e. The van der Waals surface area contributed by atoms with Crippen LogP contribution in [0.25, 0.3) is 22.0 Å². The van der Waals surface area contributed by atoms with Crippen LogP contribution in [0.5, 0.6) is 0 Å². The summed E-state index contributed by atoms with van der Waals surface area (Å²) in [5.74, 6) is -0.819. The first-order valence-corrected chi connectivity index (χ1v) is 8.21. The number of nitrogens with one attached hydrogen (secondary N) is 2. The van der Waals surface area contributed by atoms with Gasteiger partial charge in [-0.15, -0.1) is 0 Å². The standard InChI is InChI=1S/C18H17FN4O2/c19-17-13(4-1-7-20-17)11-5-6-15-14(9-11)16(23-22-15)18(24)21-10-12-3-2-8-25-12/h1,4-7,9,12H,2-3,8,10H2,(H,21,24)(H,22,23). The number of H-pyrrole nitrogens is 1. The van der Waals surface area contributed by atoms with Crippen molar-refractivity contribution in [2.24, 2.45) is 0 Å². The number of hydrogen-bond donors (Lipinski definition) is 2. The lowest BCUT2D eigenvalue weighted by Gasteiger charge is -2.10. The van der Waals surface area contributed by atoms with E-state index >= 15 is 0 Å². The van der Waals surface area contributed by atoms with Gasteiger partial charge in [-0.25, -0.2) is 4.98 Å². The maximum Gasteiger partial charge on any atom is 0.272 e. The topological polar surface area (TPSA) is 79.9 Å². The highest BCUT2D eigenvalue weighted by Gasteiger charge is 2.19. The number of hydrogen-bond acceptors (Lipinski definition) is 4. The number of rotatable bonds is 4. The van der Waals surface area contributed by atoms with Gasteiger partial charge in [-0.05, 0) is 42.7 Å². The molecule has 0 radical (unpaired) electrons. The third-order valence-electron chi connectivity index (χ3n) is 4.36. The molecule has 0 bridgehead atoms. The molecule has 1 saturated heterocycles. The van der Waals surface area contributed by atoms with Gasteiger partial charge >= 0.3 is 0 Å². The highest BCUT2D eigenvalue weighted by atomic mass is 19.1. The highest BCUT2D eigenvalue weighted by molar-refractivity contribution is 6.05. The first-order valence-electron chi connectivity index (χ1n) is 8.21. The fourth-order valence-electron chi connectivity index (χ4n) is 3.05. The van der Waals surface area contributed by atoms with E-state index in [0.717, 1.165) is 25.0 Å². The Labute approximate surface area is 143 Å². The molecular weight excluding hydrogens is 323 g/mol. The van der Waals surface area contributed by atoms with Crippen molar-refractivity contribution in [3.05, 3.63) is 48.2 Å². The number of carbonyl (C=O) groups is 1. The molecule has 0 spiro atoms. The maximum atomic E-state index is 13.9. The minimum atomic E-state index is -0.547. The zero-order valence-corrected chi connectivity index (χ0v) is 13.5. The van der Waals surface area contributed by atoms with E-state index in [4.69, 9.17) is 4.74 Å². The number of benzene rings is 1. The largest absolute Gasteiger partial charge is 0.376 e. The van der Waals surface area contributed by atoms with Gasteiger partial charge in [-0.1, -0.05) is 6.07 Å². The zero-order chi connectivity index (χ0) is 17.2. The molecule has 7 heteroatoms. The Kier molecular flexibility index (Phi) is 4.15. The molecule has 2 aromatic heterocycles. The predicted molar refractivity (Wildman–Crippen MR) is 90.6 cm³/mol. The summed E-state index contributed by atoms with van der Waals surface area (Å²) in [6.07, 6.45) is 3.44. The third kappa shape index (κ3) is 3.10. The quantitative estimate of drug-likeness (QED) is 0.716. The molecule has 0 saturated carbocycles. The van der Waals surface area contributed by atoms with Gasteiger partial charge in [0.05, 0.1) is 11.6 Å². The molecule has 4 rings (SSSR count). The van der Waals surface area contributed by atoms with Crippen LogP contribution in [-0.4, -0.2) is 40.3 Å². The van der Waals surface area contributed by atoms with Gasteiger partial charge in [0.25, 0.3) is 5.91 Å². The van der Waals surface area contributed by atoms with Gasteiger partial charge in [-0.2, -0.15) is 9.49 Å². The number of aromatic amines is 1. The molecule has 1 atom stereocenters. The fourth-order valence-corrected chi connectivity index (χ4v) is 3.05. The summed E-state index contributed by atoms with van der Waals surface area (Å²) in [7, 11) is 0. The summed E-state index contributed by atoms with van der Waals surface area (Å²) in [5, 5.41) is 10.5. The van der Waals surface area contributed by atoms with Crippen LogP contribution >= 0.6 is 0 Å². The summed E-state index contributed by atoms with van der Waals surface area (Å²) in [4.78, 5) is 16.1. The van der Waals surface area contributed by atoms with E-state index in [2.05, 4.69) is 20.5 Å². The summed E-state index contributed by atoms with van der Waals surface area (Å²) in [6.45, 7) is 1.20. The van der Waals surface area contributed by atoms with E-state index in [0.29, 0.717) is 28.8 Å². The fraction of sp³-hybridized carbons (Fsp3) is 0.278. The number of pyridine rings is 1. The van der Waals surface area contributed by atoms with Gasteiger partial charge in [0.15, 0.2) is 5.69 Å². The van der Waals surface area contributed by atoms with E-state index in [1.54, 1.807) is 30.3 Å². The molecule has 0 aliphatic carbocycles. The minimum Gasteiger partial charge on any atom is -0.376 e. The molecular formula is C18H17FN4O2. The molecule has 3 heterocycles. The Bertz CT molecular complexity index is 918. The van der Waals surface area contributed by atoms with Crippen molar-refractivity contribution in [2.75, 3.05) is 13.2 Å². The van der Waals surface area contributed by atoms with Gasteiger partial charge in [0.1, 0.15) is 0 Å². The SMILES string of the molecule is O=C(NCC1CCCO1)c1n[nH]c2ccc(-c3cccnc3F)cc12. The van der Waals surface area contributed by atoms with E-state index in [1.807, 2.05) is 0 Å². The van der Waals surface area contributed by atoms with Crippen molar-refractivity contribution in [3.63, 3.8) is 0 Å². The molecule has 1 amide bonds. The first-order chi connectivity index (χ1) is 12.2. The summed E-state index contributed by atoms with van der Waals surface area (Å²) in [5.41, 5.74) is 2.04. The number of amides is 1. The van der Waals surface area contributed by atoms with Crippen LogP contribution in [0.4, 0.5) is 4.39 Å². The van der Waals surface area contributed by atoms with Crippen LogP contribution in [0.1, 0.15) is 23.3 Å². The summed E-state index contributed by atoms with van der Waals surface area (Å²) in [6, 6.07) is 8.63. The normalized spacial score (nSPS) is 17.1. The van der Waals surface area contributed by atoms with Gasteiger partial charge in [0, 0.05) is 30.3 Å². The molecule has 2 N–H and O–H groups in total. The second kappa shape index (κ2) is 6.60. The molecule has 6 nitrogen and oxygen atoms in total. The van der Waals surface area contributed by atoms with Crippen LogP contribution in [0.15, 0.2) is 36.5 Å². The lowest BCUT2D eigenvalue weighted by molar-refractivity contribution is 0.0855. The van der Waals surface area contributed by atoms with E-state index in [-0.39, 0.29) is 12.0 Å². The average molecular weight is 340 g/mol. The van der Waals surface area contributed by atoms with Crippen molar-refractivity contribution in [1.29, 1.82) is 0 Å². The Morgan fingerprint density at radius 1 is 1.40 bits per heavy atom. The van der Waals surface area contributed by atoms with Gasteiger partial charge < -0.3 is 10.1 Å². The predicted octanol–water partition coefficient (Wildman–Crippen LogP) is 2.67. The van der Waals surface area contributed by atoms with Crippen LogP contribution in [0.3, 0.4) is 0 Å². The maximum absolute atomic E-state index is 13.9. The summed E-state index contributed by atoms with van der Waals surface area (Å²) >= 11 is 0. The van der Waals surface area contributed by atoms with E-state index in [9.17, 15) is 9.18 Å². The second-order valence-corrected chi connectivity index (χ2v) is 6.02. The molecule has 1 aliphatic rings. The lowest BCUT2D eigenvalue weighted by Crippen LogP contribution is -2.32. The van der Waals surface area contributed by atoms with Crippen LogP contribution in [0, 0.1) is 5.95 Å². The van der Waals surface area contributed by atoms with Crippen LogP contribution < -0.4 is 5.32 Å². The van der Waals surface area contributed by atoms with Crippen molar-refractivity contribution >= 4 is 16.8 Å². The van der Waals surface area contributed by atoms with E-state index < -0.39 is 5.95 Å². The number of ether oxygens (including phenoxy) is 1. The minimum absolute atomic E-state index is 0.0641. The number of aromatic nitrogens is 3. The molecule has 1 unspecified atom stereocenters. The van der Waals surface area contributed by atoms with Crippen molar-refractivity contribution < 1.29 is 13.9 Å². The van der Waals surface area contributed by atoms with Crippen molar-refractivity contribution in [3.8, 4) is 11.1 Å². The molecule has 1 fully saturated rings. The molecule has 25 heavy (non-hydrogen) atoms. The van der Waals surface area contributed by atoms with Crippen LogP contribution in [0.2, 0.25) is 0 Å². The van der Waals surface area contributed by atoms with Crippen molar-refractivity contribution in [2.45, 2.75) is 18.9 Å². The van der Waals surface area contributed by atoms with E-state index in [1.165, 1.54) is 6.20 Å². The monoisotopic (exact) mass is 340 g/mol.